The summed E-state index contributed by atoms with van der Waals surface area (Å²) in [5.74, 6) is -1.19. The van der Waals surface area contributed by atoms with Gasteiger partial charge in [0.2, 0.25) is 17.7 Å². The Balaban J connectivity index is 5.15. The number of hydrogen-bond donors (Lipinski definition) is 1. The van der Waals surface area contributed by atoms with Crippen LogP contribution in [0.4, 0.5) is 0 Å². The topological polar surface area (TPSA) is 86.8 Å². The first-order valence-electron chi connectivity index (χ1n) is 8.33. The molecule has 0 heterocycles. The predicted octanol–water partition coefficient (Wildman–Crippen LogP) is 1.04. The van der Waals surface area contributed by atoms with Crippen molar-refractivity contribution >= 4 is 35.1 Å². The zero-order valence-corrected chi connectivity index (χ0v) is 16.7. The number of amides is 3. The molecule has 0 fully saturated rings. The fraction of sp³-hybridized carbons (Fsp3) is 0.765. The van der Waals surface area contributed by atoms with E-state index in [1.165, 1.54) is 16.7 Å². The van der Waals surface area contributed by atoms with E-state index in [1.54, 1.807) is 21.1 Å². The first kappa shape index (κ1) is 23.4. The minimum absolute atomic E-state index is 0.123. The van der Waals surface area contributed by atoms with Crippen molar-refractivity contribution in [3.63, 3.8) is 0 Å². The third-order valence-electron chi connectivity index (χ3n) is 3.94. The van der Waals surface area contributed by atoms with Gasteiger partial charge in [-0.1, -0.05) is 13.8 Å². The Bertz CT molecular complexity index is 494. The van der Waals surface area contributed by atoms with Crippen LogP contribution in [0.3, 0.4) is 0 Å². The van der Waals surface area contributed by atoms with E-state index in [2.05, 4.69) is 5.32 Å². The fourth-order valence-corrected chi connectivity index (χ4v) is 2.46. The highest BCUT2D eigenvalue weighted by Gasteiger charge is 2.29. The number of carbonyl (C=O) groups excluding carboxylic acids is 4. The number of ketones is 1. The van der Waals surface area contributed by atoms with Crippen LogP contribution in [0.25, 0.3) is 0 Å². The lowest BCUT2D eigenvalue weighted by atomic mass is 10.0. The van der Waals surface area contributed by atoms with Gasteiger partial charge in [0.05, 0.1) is 11.9 Å². The van der Waals surface area contributed by atoms with Gasteiger partial charge in [0.15, 0.2) is 5.78 Å². The molecule has 8 heteroatoms. The average Bonchev–Trinajstić information content (AvgIpc) is 2.53. The van der Waals surface area contributed by atoms with Crippen molar-refractivity contribution in [3.8, 4) is 0 Å². The number of carbonyl (C=O) groups is 4. The molecule has 0 radical (unpaired) electrons. The van der Waals surface area contributed by atoms with Crippen LogP contribution in [0.15, 0.2) is 0 Å². The molecule has 0 saturated heterocycles. The van der Waals surface area contributed by atoms with E-state index in [-0.39, 0.29) is 42.2 Å². The molecule has 1 N–H and O–H groups in total. The minimum Gasteiger partial charge on any atom is -0.349 e. The summed E-state index contributed by atoms with van der Waals surface area (Å²) in [6.45, 7) is 5.29. The molecule has 0 aromatic rings. The quantitative estimate of drug-likeness (QED) is 0.578. The van der Waals surface area contributed by atoms with E-state index in [1.807, 2.05) is 13.8 Å². The van der Waals surface area contributed by atoms with Crippen molar-refractivity contribution in [2.75, 3.05) is 27.0 Å². The van der Waals surface area contributed by atoms with Crippen molar-refractivity contribution in [1.29, 1.82) is 0 Å². The van der Waals surface area contributed by atoms with Crippen LogP contribution < -0.4 is 5.32 Å². The van der Waals surface area contributed by atoms with E-state index >= 15 is 0 Å². The van der Waals surface area contributed by atoms with Crippen LogP contribution >= 0.6 is 11.6 Å². The average molecular weight is 376 g/mol. The predicted molar refractivity (Wildman–Crippen MR) is 97.3 cm³/mol. The van der Waals surface area contributed by atoms with E-state index in [0.717, 1.165) is 0 Å². The highest BCUT2D eigenvalue weighted by molar-refractivity contribution is 6.28. The number of halogens is 1. The molecule has 0 unspecified atom stereocenters. The Kier molecular flexibility index (Phi) is 10.4. The molecule has 3 amide bonds. The first-order valence-corrected chi connectivity index (χ1v) is 8.87. The van der Waals surface area contributed by atoms with Gasteiger partial charge in [0.1, 0.15) is 6.04 Å². The number of likely N-dealkylation sites (N-methyl/N-ethyl adjacent to an activating group) is 1. The van der Waals surface area contributed by atoms with Gasteiger partial charge in [0.25, 0.3) is 0 Å². The second kappa shape index (κ2) is 11.1. The monoisotopic (exact) mass is 375 g/mol. The summed E-state index contributed by atoms with van der Waals surface area (Å²) in [5.41, 5.74) is 0. The van der Waals surface area contributed by atoms with Crippen LogP contribution in [0.5, 0.6) is 0 Å². The summed E-state index contributed by atoms with van der Waals surface area (Å²) in [6, 6.07) is -1.52. The van der Waals surface area contributed by atoms with Gasteiger partial charge in [-0.15, -0.1) is 11.6 Å². The normalized spacial score (nSPS) is 13.1. The van der Waals surface area contributed by atoms with Gasteiger partial charge in [-0.2, -0.15) is 0 Å². The highest BCUT2D eigenvalue weighted by atomic mass is 35.5. The van der Waals surface area contributed by atoms with Crippen LogP contribution in [0.2, 0.25) is 0 Å². The van der Waals surface area contributed by atoms with Crippen LogP contribution in [-0.4, -0.2) is 72.4 Å². The van der Waals surface area contributed by atoms with Crippen molar-refractivity contribution in [3.05, 3.63) is 0 Å². The summed E-state index contributed by atoms with van der Waals surface area (Å²) >= 11 is 5.62. The van der Waals surface area contributed by atoms with Crippen LogP contribution in [0.1, 0.15) is 40.0 Å². The molecule has 2 atom stereocenters. The minimum atomic E-state index is -0.844. The highest BCUT2D eigenvalue weighted by Crippen LogP contribution is 2.12. The van der Waals surface area contributed by atoms with Gasteiger partial charge >= 0.3 is 0 Å². The summed E-state index contributed by atoms with van der Waals surface area (Å²) in [7, 11) is 4.81. The Labute approximate surface area is 155 Å². The standard InChI is InChI=1S/C17H30ClN3O4/c1-11(2)9-14(21(6)12(3)22)17(25)19-13(15(23)10-18)7-8-16(24)20(4)5/h11,13-14H,7-10H2,1-6H3,(H,19,25)/t13-,14-/m0/s1. The van der Waals surface area contributed by atoms with Crippen molar-refractivity contribution in [2.45, 2.75) is 52.1 Å². The van der Waals surface area contributed by atoms with E-state index in [4.69, 9.17) is 11.6 Å². The largest absolute Gasteiger partial charge is 0.349 e. The molecule has 7 nitrogen and oxygen atoms in total. The molecule has 0 rings (SSSR count). The van der Waals surface area contributed by atoms with Gasteiger partial charge in [0, 0.05) is 34.5 Å². The van der Waals surface area contributed by atoms with Gasteiger partial charge < -0.3 is 15.1 Å². The molecule has 0 saturated carbocycles. The number of rotatable bonds is 10. The summed E-state index contributed by atoms with van der Waals surface area (Å²) in [5, 5.41) is 2.67. The second-order valence-electron chi connectivity index (χ2n) is 6.76. The molecule has 0 bridgehead atoms. The molecule has 0 aromatic carbocycles. The number of nitrogens with zero attached hydrogens (tertiary/aromatic N) is 2. The molecule has 0 aliphatic heterocycles. The van der Waals surface area contributed by atoms with Crippen molar-refractivity contribution in [2.24, 2.45) is 5.92 Å². The van der Waals surface area contributed by atoms with Crippen molar-refractivity contribution in [1.82, 2.24) is 15.1 Å². The molecule has 25 heavy (non-hydrogen) atoms. The molecule has 0 aromatic heterocycles. The Morgan fingerprint density at radius 3 is 2.04 bits per heavy atom. The summed E-state index contributed by atoms with van der Waals surface area (Å²) < 4.78 is 0. The maximum atomic E-state index is 12.6. The number of hydrogen-bond acceptors (Lipinski definition) is 4. The smallest absolute Gasteiger partial charge is 0.243 e. The molecule has 0 aliphatic rings. The number of Topliss-reactive ketones (excluding diaryl/α,β-unsaturated/α-hetero) is 1. The van der Waals surface area contributed by atoms with Crippen LogP contribution in [-0.2, 0) is 19.2 Å². The van der Waals surface area contributed by atoms with E-state index < -0.39 is 18.0 Å². The lowest BCUT2D eigenvalue weighted by molar-refractivity contribution is -0.139. The van der Waals surface area contributed by atoms with Gasteiger partial charge in [-0.25, -0.2) is 0 Å². The number of nitrogens with one attached hydrogen (secondary N) is 1. The zero-order chi connectivity index (χ0) is 19.7. The van der Waals surface area contributed by atoms with Gasteiger partial charge in [-0.05, 0) is 18.8 Å². The lowest BCUT2D eigenvalue weighted by Crippen LogP contribution is -2.52. The van der Waals surface area contributed by atoms with E-state index in [0.29, 0.717) is 6.42 Å². The second-order valence-corrected chi connectivity index (χ2v) is 7.03. The summed E-state index contributed by atoms with van der Waals surface area (Å²) in [6.07, 6.45) is 0.769. The number of alkyl halides is 1. The third-order valence-corrected chi connectivity index (χ3v) is 4.21. The van der Waals surface area contributed by atoms with E-state index in [9.17, 15) is 19.2 Å². The molecule has 0 aliphatic carbocycles. The Morgan fingerprint density at radius 2 is 1.64 bits per heavy atom. The summed E-state index contributed by atoms with van der Waals surface area (Å²) in [4.78, 5) is 50.8. The Morgan fingerprint density at radius 1 is 1.08 bits per heavy atom. The first-order chi connectivity index (χ1) is 11.5. The molecular weight excluding hydrogens is 346 g/mol. The lowest BCUT2D eigenvalue weighted by Gasteiger charge is -2.29. The fourth-order valence-electron chi connectivity index (χ4n) is 2.27. The SMILES string of the molecule is CC(=O)N(C)[C@@H](CC(C)C)C(=O)N[C@@H](CCC(=O)N(C)C)C(=O)CCl. The molecular formula is C17H30ClN3O4. The maximum absolute atomic E-state index is 12.6. The molecule has 144 valence electrons. The maximum Gasteiger partial charge on any atom is 0.243 e. The third kappa shape index (κ3) is 8.34. The van der Waals surface area contributed by atoms with Crippen molar-refractivity contribution < 1.29 is 19.2 Å². The Hall–Kier alpha value is -1.63. The van der Waals surface area contributed by atoms with Crippen LogP contribution in [0, 0.1) is 5.92 Å². The zero-order valence-electron chi connectivity index (χ0n) is 16.0. The van der Waals surface area contributed by atoms with Gasteiger partial charge in [-0.3, -0.25) is 19.2 Å². The molecule has 0 spiro atoms.